The first-order valence-electron chi connectivity index (χ1n) is 12.5. The van der Waals surface area contributed by atoms with Crippen LogP contribution in [0.3, 0.4) is 0 Å². The molecule has 3 aromatic rings. The summed E-state index contributed by atoms with van der Waals surface area (Å²) in [7, 11) is 1.64. The zero-order valence-electron chi connectivity index (χ0n) is 20.3. The molecule has 4 heterocycles. The number of para-hydroxylation sites is 1. The molecule has 1 aromatic carbocycles. The van der Waals surface area contributed by atoms with Crippen LogP contribution in [0.25, 0.3) is 10.4 Å². The van der Waals surface area contributed by atoms with Gasteiger partial charge in [-0.3, -0.25) is 4.79 Å². The lowest BCUT2D eigenvalue weighted by molar-refractivity contribution is 0.0955. The maximum atomic E-state index is 12.7. The molecule has 3 aliphatic rings. The normalized spacial score (nSPS) is 18.2. The van der Waals surface area contributed by atoms with Gasteiger partial charge in [-0.15, -0.1) is 11.3 Å². The highest BCUT2D eigenvalue weighted by molar-refractivity contribution is 7.17. The van der Waals surface area contributed by atoms with Crippen LogP contribution in [0.1, 0.15) is 40.0 Å². The molecule has 0 radical (unpaired) electrons. The Labute approximate surface area is 214 Å². The maximum absolute atomic E-state index is 12.7. The van der Waals surface area contributed by atoms with E-state index in [1.165, 1.54) is 11.3 Å². The van der Waals surface area contributed by atoms with Gasteiger partial charge in [-0.25, -0.2) is 4.98 Å². The number of rotatable bonds is 6. The van der Waals surface area contributed by atoms with Crippen molar-refractivity contribution in [2.45, 2.75) is 31.5 Å². The minimum Gasteiger partial charge on any atom is -0.493 e. The average molecular weight is 507 g/mol. The largest absolute Gasteiger partial charge is 0.493 e. The van der Waals surface area contributed by atoms with E-state index in [0.717, 1.165) is 64.7 Å². The summed E-state index contributed by atoms with van der Waals surface area (Å²) in [5, 5.41) is 14.7. The van der Waals surface area contributed by atoms with Crippen molar-refractivity contribution >= 4 is 28.7 Å². The second-order valence-corrected chi connectivity index (χ2v) is 10.5. The van der Waals surface area contributed by atoms with Gasteiger partial charge in [0.1, 0.15) is 0 Å². The van der Waals surface area contributed by atoms with Crippen LogP contribution in [0, 0.1) is 0 Å². The molecule has 9 heteroatoms. The molecule has 8 nitrogen and oxygen atoms in total. The van der Waals surface area contributed by atoms with Crippen molar-refractivity contribution in [3.05, 3.63) is 58.6 Å². The number of carbonyl (C=O) groups is 1. The number of aliphatic hydroxyl groups is 1. The van der Waals surface area contributed by atoms with Gasteiger partial charge in [-0.05, 0) is 49.1 Å². The van der Waals surface area contributed by atoms with Gasteiger partial charge in [0, 0.05) is 41.8 Å². The Hall–Kier alpha value is -3.14. The van der Waals surface area contributed by atoms with Gasteiger partial charge in [0.05, 0.1) is 30.9 Å². The smallest absolute Gasteiger partial charge is 0.261 e. The number of morpholine rings is 1. The third-order valence-electron chi connectivity index (χ3n) is 6.98. The average Bonchev–Trinajstić information content (AvgIpc) is 3.67. The number of thiophene rings is 1. The summed E-state index contributed by atoms with van der Waals surface area (Å²) >= 11 is 1.53. The Morgan fingerprint density at radius 1 is 1.19 bits per heavy atom. The molecule has 1 saturated heterocycles. The summed E-state index contributed by atoms with van der Waals surface area (Å²) in [6.45, 7) is 3.34. The van der Waals surface area contributed by atoms with Crippen LogP contribution in [0.2, 0.25) is 0 Å². The highest BCUT2D eigenvalue weighted by atomic mass is 32.1. The van der Waals surface area contributed by atoms with E-state index in [4.69, 9.17) is 14.5 Å². The third-order valence-corrected chi connectivity index (χ3v) is 8.19. The number of pyridine rings is 1. The number of benzene rings is 1. The lowest BCUT2D eigenvalue weighted by atomic mass is 10.1. The number of fused-ring (bicyclic) bond motifs is 3. The summed E-state index contributed by atoms with van der Waals surface area (Å²) in [6.07, 6.45) is 1.93. The Morgan fingerprint density at radius 2 is 2.00 bits per heavy atom. The molecule has 2 aromatic heterocycles. The molecule has 1 amide bonds. The van der Waals surface area contributed by atoms with Crippen molar-refractivity contribution in [2.75, 3.05) is 49.8 Å². The zero-order chi connectivity index (χ0) is 24.6. The van der Waals surface area contributed by atoms with Crippen LogP contribution in [-0.4, -0.2) is 62.0 Å². The van der Waals surface area contributed by atoms with Crippen LogP contribution < -0.4 is 19.9 Å². The molecule has 188 valence electrons. The molecule has 2 fully saturated rings. The summed E-state index contributed by atoms with van der Waals surface area (Å²) < 4.78 is 11.1. The molecule has 1 unspecified atom stereocenters. The van der Waals surface area contributed by atoms with E-state index in [2.05, 4.69) is 16.3 Å². The second-order valence-electron chi connectivity index (χ2n) is 9.41. The molecule has 0 spiro atoms. The number of ether oxygens (including phenoxy) is 2. The van der Waals surface area contributed by atoms with Gasteiger partial charge in [0.25, 0.3) is 5.91 Å². The van der Waals surface area contributed by atoms with Crippen LogP contribution in [0.15, 0.2) is 42.5 Å². The van der Waals surface area contributed by atoms with Crippen LogP contribution in [0.5, 0.6) is 5.75 Å². The number of carbonyl (C=O) groups excluding carboxylic acids is 1. The quantitative estimate of drug-likeness (QED) is 0.528. The Morgan fingerprint density at radius 3 is 2.78 bits per heavy atom. The lowest BCUT2D eigenvalue weighted by Crippen LogP contribution is -2.37. The minimum absolute atomic E-state index is 0.0167. The van der Waals surface area contributed by atoms with Crippen molar-refractivity contribution < 1.29 is 19.4 Å². The Balaban J connectivity index is 1.32. The van der Waals surface area contributed by atoms with Gasteiger partial charge < -0.3 is 29.7 Å². The van der Waals surface area contributed by atoms with E-state index in [-0.39, 0.29) is 5.91 Å². The predicted octanol–water partition coefficient (Wildman–Crippen LogP) is 3.60. The van der Waals surface area contributed by atoms with E-state index in [9.17, 15) is 9.90 Å². The number of hydrogen-bond acceptors (Lipinski definition) is 8. The van der Waals surface area contributed by atoms with Crippen molar-refractivity contribution in [3.8, 4) is 16.2 Å². The van der Waals surface area contributed by atoms with E-state index in [1.807, 2.05) is 41.3 Å². The standard InChI is InChI=1S/C27H30N4O4S/c1-34-22-9-8-20(29-25(22)30-12-14-35-15-13-30)27(33)31-11-10-17-16-23(26(32)28-18-6-7-18)36-24(17)19-4-2-3-5-21(19)31/h2-5,8-9,16,18,27,33H,6-7,10-15H2,1H3,(H,28,32). The SMILES string of the molecule is COc1ccc(C(O)N2CCc3cc(C(=O)NC4CC4)sc3-c3ccccc32)nc1N1CCOCC1. The molecule has 1 saturated carbocycles. The van der Waals surface area contributed by atoms with Crippen molar-refractivity contribution in [1.82, 2.24) is 10.3 Å². The van der Waals surface area contributed by atoms with Crippen LogP contribution in [-0.2, 0) is 11.2 Å². The molecule has 6 rings (SSSR count). The molecule has 2 N–H and O–H groups in total. The molecular formula is C27H30N4O4S. The summed E-state index contributed by atoms with van der Waals surface area (Å²) in [6, 6.07) is 14.1. The fourth-order valence-electron chi connectivity index (χ4n) is 4.88. The number of aliphatic hydroxyl groups excluding tert-OH is 1. The van der Waals surface area contributed by atoms with Crippen molar-refractivity contribution in [1.29, 1.82) is 0 Å². The van der Waals surface area contributed by atoms with Gasteiger partial charge in [0.2, 0.25) is 0 Å². The molecule has 0 bridgehead atoms. The number of aromatic nitrogens is 1. The van der Waals surface area contributed by atoms with Gasteiger partial charge in [-0.1, -0.05) is 18.2 Å². The summed E-state index contributed by atoms with van der Waals surface area (Å²) in [4.78, 5) is 23.5. The minimum atomic E-state index is -0.927. The van der Waals surface area contributed by atoms with Gasteiger partial charge in [-0.2, -0.15) is 0 Å². The summed E-state index contributed by atoms with van der Waals surface area (Å²) in [5.41, 5.74) is 3.67. The monoisotopic (exact) mass is 506 g/mol. The first-order chi connectivity index (χ1) is 17.6. The fraction of sp³-hybridized carbons (Fsp3) is 0.407. The van der Waals surface area contributed by atoms with E-state index < -0.39 is 6.23 Å². The highest BCUT2D eigenvalue weighted by Gasteiger charge is 2.30. The number of anilines is 2. The molecular weight excluding hydrogens is 476 g/mol. The highest BCUT2D eigenvalue weighted by Crippen LogP contribution is 2.43. The molecule has 1 aliphatic carbocycles. The number of amides is 1. The van der Waals surface area contributed by atoms with Crippen molar-refractivity contribution in [3.63, 3.8) is 0 Å². The first-order valence-corrected chi connectivity index (χ1v) is 13.3. The summed E-state index contributed by atoms with van der Waals surface area (Å²) in [5.74, 6) is 1.43. The van der Waals surface area contributed by atoms with Crippen LogP contribution >= 0.6 is 11.3 Å². The Kier molecular flexibility index (Phi) is 6.29. The topological polar surface area (TPSA) is 87.2 Å². The maximum Gasteiger partial charge on any atom is 0.261 e. The van der Waals surface area contributed by atoms with E-state index >= 15 is 0 Å². The molecule has 1 atom stereocenters. The van der Waals surface area contributed by atoms with E-state index in [0.29, 0.717) is 37.2 Å². The third kappa shape index (κ3) is 4.42. The molecule has 2 aliphatic heterocycles. The number of nitrogens with one attached hydrogen (secondary N) is 1. The van der Waals surface area contributed by atoms with Crippen molar-refractivity contribution in [2.24, 2.45) is 0 Å². The number of methoxy groups -OCH3 is 1. The van der Waals surface area contributed by atoms with E-state index in [1.54, 1.807) is 7.11 Å². The predicted molar refractivity (Wildman–Crippen MR) is 140 cm³/mol. The number of hydrogen-bond donors (Lipinski definition) is 2. The van der Waals surface area contributed by atoms with Crippen LogP contribution in [0.4, 0.5) is 11.5 Å². The number of nitrogens with zero attached hydrogens (tertiary/aromatic N) is 3. The van der Waals surface area contributed by atoms with Gasteiger partial charge in [0.15, 0.2) is 17.8 Å². The lowest BCUT2D eigenvalue weighted by Gasteiger charge is -2.32. The zero-order valence-corrected chi connectivity index (χ0v) is 21.1. The first kappa shape index (κ1) is 23.3. The molecule has 36 heavy (non-hydrogen) atoms. The second kappa shape index (κ2) is 9.72. The van der Waals surface area contributed by atoms with Gasteiger partial charge >= 0.3 is 0 Å². The Bertz CT molecular complexity index is 1270. The fourth-order valence-corrected chi connectivity index (χ4v) is 6.03.